The molecular weight excluding hydrogens is 484 g/mol. The number of thioether (sulfide) groups is 1. The van der Waals surface area contributed by atoms with Crippen LogP contribution in [0.4, 0.5) is 5.69 Å². The molecule has 0 saturated carbocycles. The van der Waals surface area contributed by atoms with Gasteiger partial charge in [-0.1, -0.05) is 41.6 Å². The summed E-state index contributed by atoms with van der Waals surface area (Å²) in [7, 11) is 0. The first-order valence-electron chi connectivity index (χ1n) is 10.9. The zero-order chi connectivity index (χ0) is 24.4. The van der Waals surface area contributed by atoms with Crippen molar-refractivity contribution in [3.8, 4) is 23.0 Å². The van der Waals surface area contributed by atoms with Crippen LogP contribution in [-0.4, -0.2) is 31.7 Å². The Labute approximate surface area is 211 Å². The Morgan fingerprint density at radius 3 is 2.63 bits per heavy atom. The van der Waals surface area contributed by atoms with Crippen molar-refractivity contribution in [3.63, 3.8) is 0 Å². The Bertz CT molecular complexity index is 1400. The molecule has 0 aliphatic carbocycles. The Hall–Kier alpha value is -3.46. The van der Waals surface area contributed by atoms with Crippen molar-refractivity contribution >= 4 is 35.0 Å². The minimum Gasteiger partial charge on any atom is -0.436 e. The number of para-hydroxylation sites is 1. The number of fused-ring (bicyclic) bond motifs is 2. The van der Waals surface area contributed by atoms with Crippen LogP contribution in [-0.2, 0) is 17.8 Å². The average Bonchev–Trinajstić information content (AvgIpc) is 2.87. The number of nitrogens with zero attached hydrogens (tertiary/aromatic N) is 3. The molecule has 4 aromatic rings. The molecule has 0 fully saturated rings. The number of halogens is 1. The third kappa shape index (κ3) is 5.00. The molecule has 2 N–H and O–H groups in total. The minimum atomic E-state index is -0.153. The molecule has 1 amide bonds. The van der Waals surface area contributed by atoms with Gasteiger partial charge in [0.2, 0.25) is 11.8 Å². The standard InChI is InChI=1S/C26H21ClN4O3S/c1-15-23-20(17(13-32)12-28-15)11-21-25(34-23)30-24(16-7-9-18(27)10-8-16)31-26(21)35-14-22(33)29-19-5-3-2-4-6-19/h2-10,12,32H,11,13-14H2,1H3,(H,29,33). The number of anilines is 1. The van der Waals surface area contributed by atoms with Gasteiger partial charge in [0, 0.05) is 40.0 Å². The maximum Gasteiger partial charge on any atom is 0.234 e. The molecule has 0 radical (unpaired) electrons. The lowest BCUT2D eigenvalue weighted by molar-refractivity contribution is -0.113. The van der Waals surface area contributed by atoms with Gasteiger partial charge in [-0.3, -0.25) is 9.78 Å². The number of amides is 1. The van der Waals surface area contributed by atoms with Crippen LogP contribution in [0.5, 0.6) is 11.6 Å². The second-order valence-corrected chi connectivity index (χ2v) is 9.36. The van der Waals surface area contributed by atoms with E-state index in [-0.39, 0.29) is 18.3 Å². The van der Waals surface area contributed by atoms with E-state index < -0.39 is 0 Å². The minimum absolute atomic E-state index is 0.144. The van der Waals surface area contributed by atoms with Crippen LogP contribution in [0, 0.1) is 6.92 Å². The molecule has 1 aliphatic rings. The largest absolute Gasteiger partial charge is 0.436 e. The van der Waals surface area contributed by atoms with Gasteiger partial charge >= 0.3 is 0 Å². The fraction of sp³-hybridized carbons (Fsp3) is 0.154. The van der Waals surface area contributed by atoms with Crippen molar-refractivity contribution in [1.29, 1.82) is 0 Å². The Morgan fingerprint density at radius 2 is 1.89 bits per heavy atom. The van der Waals surface area contributed by atoms with Crippen LogP contribution in [0.15, 0.2) is 65.8 Å². The van der Waals surface area contributed by atoms with Gasteiger partial charge in [-0.2, -0.15) is 4.98 Å². The molecule has 7 nitrogen and oxygen atoms in total. The lowest BCUT2D eigenvalue weighted by Crippen LogP contribution is -2.16. The summed E-state index contributed by atoms with van der Waals surface area (Å²) in [5.41, 5.74) is 4.54. The van der Waals surface area contributed by atoms with Crippen LogP contribution >= 0.6 is 23.4 Å². The number of ether oxygens (including phenoxy) is 1. The highest BCUT2D eigenvalue weighted by molar-refractivity contribution is 8.00. The Morgan fingerprint density at radius 1 is 1.11 bits per heavy atom. The van der Waals surface area contributed by atoms with Crippen LogP contribution in [0.2, 0.25) is 5.02 Å². The van der Waals surface area contributed by atoms with Crippen LogP contribution in [0.25, 0.3) is 11.4 Å². The summed E-state index contributed by atoms with van der Waals surface area (Å²) in [5.74, 6) is 1.51. The van der Waals surface area contributed by atoms with Gasteiger partial charge in [0.1, 0.15) is 5.03 Å². The van der Waals surface area contributed by atoms with E-state index in [1.54, 1.807) is 18.3 Å². The molecule has 0 unspecified atom stereocenters. The highest BCUT2D eigenvalue weighted by atomic mass is 35.5. The van der Waals surface area contributed by atoms with Gasteiger partial charge in [-0.25, -0.2) is 4.98 Å². The number of carbonyl (C=O) groups excluding carboxylic acids is 1. The second kappa shape index (κ2) is 10.0. The molecule has 0 atom stereocenters. The van der Waals surface area contributed by atoms with Gasteiger partial charge in [0.05, 0.1) is 23.6 Å². The zero-order valence-corrected chi connectivity index (χ0v) is 20.4. The quantitative estimate of drug-likeness (QED) is 0.235. The molecule has 0 spiro atoms. The summed E-state index contributed by atoms with van der Waals surface area (Å²) in [5, 5.41) is 14.0. The molecule has 1 aliphatic heterocycles. The van der Waals surface area contributed by atoms with Crippen LogP contribution < -0.4 is 10.1 Å². The Kier molecular flexibility index (Phi) is 6.68. The predicted octanol–water partition coefficient (Wildman–Crippen LogP) is 5.42. The van der Waals surface area contributed by atoms with Crippen LogP contribution in [0.3, 0.4) is 0 Å². The second-order valence-electron chi connectivity index (χ2n) is 7.96. The van der Waals surface area contributed by atoms with Crippen molar-refractivity contribution in [2.24, 2.45) is 0 Å². The van der Waals surface area contributed by atoms with Crippen molar-refractivity contribution < 1.29 is 14.6 Å². The first-order valence-corrected chi connectivity index (χ1v) is 12.3. The molecule has 3 heterocycles. The first kappa shape index (κ1) is 23.3. The fourth-order valence-electron chi connectivity index (χ4n) is 3.79. The molecular formula is C26H21ClN4O3S. The van der Waals surface area contributed by atoms with Crippen molar-refractivity contribution in [3.05, 3.63) is 88.2 Å². The van der Waals surface area contributed by atoms with E-state index >= 15 is 0 Å². The topological polar surface area (TPSA) is 97.2 Å². The summed E-state index contributed by atoms with van der Waals surface area (Å²) in [4.78, 5) is 26.4. The van der Waals surface area contributed by atoms with Crippen molar-refractivity contribution in [2.75, 3.05) is 11.1 Å². The zero-order valence-electron chi connectivity index (χ0n) is 18.8. The predicted molar refractivity (Wildman–Crippen MR) is 136 cm³/mol. The number of hydrogen-bond donors (Lipinski definition) is 2. The van der Waals surface area contributed by atoms with E-state index in [0.717, 1.165) is 22.4 Å². The van der Waals surface area contributed by atoms with Gasteiger partial charge in [-0.15, -0.1) is 0 Å². The summed E-state index contributed by atoms with van der Waals surface area (Å²) >= 11 is 7.38. The number of aliphatic hydroxyl groups is 1. The summed E-state index contributed by atoms with van der Waals surface area (Å²) in [6, 6.07) is 16.5. The van der Waals surface area contributed by atoms with E-state index in [4.69, 9.17) is 21.3 Å². The maximum atomic E-state index is 12.6. The molecule has 2 aromatic heterocycles. The average molecular weight is 505 g/mol. The summed E-state index contributed by atoms with van der Waals surface area (Å²) in [6.07, 6.45) is 2.12. The molecule has 0 saturated heterocycles. The van der Waals surface area contributed by atoms with E-state index in [2.05, 4.69) is 15.3 Å². The number of rotatable bonds is 6. The van der Waals surface area contributed by atoms with Crippen LogP contribution in [0.1, 0.15) is 22.4 Å². The number of pyridine rings is 1. The van der Waals surface area contributed by atoms with E-state index in [1.807, 2.05) is 49.4 Å². The molecule has 9 heteroatoms. The summed E-state index contributed by atoms with van der Waals surface area (Å²) < 4.78 is 6.22. The van der Waals surface area contributed by atoms with Gasteiger partial charge in [0.25, 0.3) is 0 Å². The Balaban J connectivity index is 1.50. The molecule has 176 valence electrons. The number of aromatic nitrogens is 3. The first-order chi connectivity index (χ1) is 17.0. The lowest BCUT2D eigenvalue weighted by atomic mass is 9.99. The normalized spacial score (nSPS) is 11.9. The maximum absolute atomic E-state index is 12.6. The highest BCUT2D eigenvalue weighted by Gasteiger charge is 2.28. The van der Waals surface area contributed by atoms with Crippen molar-refractivity contribution in [2.45, 2.75) is 25.0 Å². The third-order valence-corrected chi connectivity index (χ3v) is 6.83. The van der Waals surface area contributed by atoms with E-state index in [9.17, 15) is 9.90 Å². The molecule has 5 rings (SSSR count). The molecule has 0 bridgehead atoms. The molecule has 2 aromatic carbocycles. The number of aliphatic hydroxyl groups excluding tert-OH is 1. The van der Waals surface area contributed by atoms with Gasteiger partial charge < -0.3 is 15.2 Å². The SMILES string of the molecule is Cc1ncc(CO)c2c1Oc1nc(-c3ccc(Cl)cc3)nc(SCC(=O)Nc3ccccc3)c1C2. The third-order valence-electron chi connectivity index (χ3n) is 5.56. The van der Waals surface area contributed by atoms with E-state index in [1.165, 1.54) is 11.8 Å². The number of hydrogen-bond acceptors (Lipinski definition) is 7. The summed E-state index contributed by atoms with van der Waals surface area (Å²) in [6.45, 7) is 1.70. The number of benzene rings is 2. The monoisotopic (exact) mass is 504 g/mol. The smallest absolute Gasteiger partial charge is 0.234 e. The highest BCUT2D eigenvalue weighted by Crippen LogP contribution is 2.42. The van der Waals surface area contributed by atoms with Gasteiger partial charge in [0.15, 0.2) is 11.6 Å². The number of carbonyl (C=O) groups is 1. The van der Waals surface area contributed by atoms with E-state index in [0.29, 0.717) is 45.2 Å². The molecule has 35 heavy (non-hydrogen) atoms. The lowest BCUT2D eigenvalue weighted by Gasteiger charge is -2.24. The number of nitrogens with one attached hydrogen (secondary N) is 1. The number of aryl methyl sites for hydroxylation is 1. The fourth-order valence-corrected chi connectivity index (χ4v) is 4.74. The van der Waals surface area contributed by atoms with Gasteiger partial charge in [-0.05, 0) is 43.3 Å². The van der Waals surface area contributed by atoms with Crippen molar-refractivity contribution in [1.82, 2.24) is 15.0 Å².